The molecule has 0 spiro atoms. The lowest BCUT2D eigenvalue weighted by molar-refractivity contribution is 0.555. The molecule has 90 valence electrons. The highest BCUT2D eigenvalue weighted by Gasteiger charge is 2.29. The number of guanidine groups is 1. The van der Waals surface area contributed by atoms with Crippen molar-refractivity contribution < 1.29 is 8.42 Å². The van der Waals surface area contributed by atoms with E-state index in [2.05, 4.69) is 10.3 Å². The monoisotopic (exact) mass is 235 g/mol. The van der Waals surface area contributed by atoms with E-state index in [1.807, 2.05) is 6.92 Å². The number of hydrogen-bond donors (Lipinski definition) is 2. The first-order chi connectivity index (χ1) is 6.70. The van der Waals surface area contributed by atoms with E-state index in [1.54, 1.807) is 13.8 Å². The van der Waals surface area contributed by atoms with Crippen molar-refractivity contribution in [1.29, 1.82) is 0 Å². The van der Waals surface area contributed by atoms with Crippen LogP contribution in [-0.2, 0) is 9.84 Å². The largest absolute Gasteiger partial charge is 0.370 e. The minimum absolute atomic E-state index is 0.175. The van der Waals surface area contributed by atoms with E-state index in [-0.39, 0.29) is 6.54 Å². The predicted molar refractivity (Wildman–Crippen MR) is 63.7 cm³/mol. The van der Waals surface area contributed by atoms with Crippen molar-refractivity contribution in [3.63, 3.8) is 0 Å². The Balaban J connectivity index is 4.37. The Morgan fingerprint density at radius 2 is 2.00 bits per heavy atom. The minimum atomic E-state index is -3.11. The van der Waals surface area contributed by atoms with Crippen LogP contribution >= 0.6 is 0 Å². The zero-order valence-corrected chi connectivity index (χ0v) is 10.7. The predicted octanol–water partition coefficient (Wildman–Crippen LogP) is 0.124. The Morgan fingerprint density at radius 3 is 2.40 bits per heavy atom. The van der Waals surface area contributed by atoms with Crippen LogP contribution < -0.4 is 11.1 Å². The maximum atomic E-state index is 11.3. The van der Waals surface area contributed by atoms with Gasteiger partial charge in [-0.15, -0.1) is 0 Å². The summed E-state index contributed by atoms with van der Waals surface area (Å²) in [6.07, 6.45) is 2.16. The Hall–Kier alpha value is -0.780. The SMILES string of the molecule is CCCNC(N)=NCC(C)(C)S(C)(=O)=O. The van der Waals surface area contributed by atoms with E-state index < -0.39 is 14.6 Å². The van der Waals surface area contributed by atoms with Crippen LogP contribution in [0, 0.1) is 0 Å². The molecule has 0 aromatic rings. The van der Waals surface area contributed by atoms with Gasteiger partial charge in [0, 0.05) is 12.8 Å². The minimum Gasteiger partial charge on any atom is -0.370 e. The number of hydrogen-bond acceptors (Lipinski definition) is 3. The molecule has 0 bridgehead atoms. The van der Waals surface area contributed by atoms with Gasteiger partial charge < -0.3 is 11.1 Å². The molecule has 0 fully saturated rings. The third kappa shape index (κ3) is 5.01. The molecule has 6 heteroatoms. The standard InChI is InChI=1S/C9H21N3O2S/c1-5-6-11-8(10)12-7-9(2,3)15(4,13)14/h5-7H2,1-4H3,(H3,10,11,12). The normalized spacial score (nSPS) is 14.0. The smallest absolute Gasteiger partial charge is 0.188 e. The Bertz CT molecular complexity index is 320. The molecule has 0 saturated heterocycles. The van der Waals surface area contributed by atoms with Gasteiger partial charge in [-0.05, 0) is 20.3 Å². The number of nitrogens with one attached hydrogen (secondary N) is 1. The molecule has 0 aliphatic heterocycles. The van der Waals surface area contributed by atoms with E-state index >= 15 is 0 Å². The summed E-state index contributed by atoms with van der Waals surface area (Å²) in [7, 11) is -3.11. The van der Waals surface area contributed by atoms with Gasteiger partial charge in [0.2, 0.25) is 0 Å². The van der Waals surface area contributed by atoms with Crippen LogP contribution in [0.25, 0.3) is 0 Å². The fourth-order valence-electron chi connectivity index (χ4n) is 0.702. The van der Waals surface area contributed by atoms with Gasteiger partial charge in [-0.3, -0.25) is 4.99 Å². The fraction of sp³-hybridized carbons (Fsp3) is 0.889. The van der Waals surface area contributed by atoms with Crippen molar-refractivity contribution in [3.05, 3.63) is 0 Å². The molecular formula is C9H21N3O2S. The molecule has 15 heavy (non-hydrogen) atoms. The molecule has 0 saturated carbocycles. The van der Waals surface area contributed by atoms with Gasteiger partial charge in [0.25, 0.3) is 0 Å². The average Bonchev–Trinajstić information content (AvgIpc) is 2.09. The van der Waals surface area contributed by atoms with E-state index in [0.29, 0.717) is 5.96 Å². The van der Waals surface area contributed by atoms with Crippen LogP contribution in [-0.4, -0.2) is 38.5 Å². The second-order valence-electron chi connectivity index (χ2n) is 4.16. The number of nitrogens with zero attached hydrogens (tertiary/aromatic N) is 1. The first kappa shape index (κ1) is 14.2. The van der Waals surface area contributed by atoms with Crippen molar-refractivity contribution in [2.75, 3.05) is 19.3 Å². The molecule has 3 N–H and O–H groups in total. The molecule has 0 radical (unpaired) electrons. The Kier molecular flexibility index (Phi) is 5.07. The summed E-state index contributed by atoms with van der Waals surface area (Å²) in [6.45, 7) is 6.21. The number of rotatable bonds is 5. The van der Waals surface area contributed by atoms with Gasteiger partial charge in [0.05, 0.1) is 11.3 Å². The van der Waals surface area contributed by atoms with Crippen molar-refractivity contribution >= 4 is 15.8 Å². The molecular weight excluding hydrogens is 214 g/mol. The fourth-order valence-corrected chi connectivity index (χ4v) is 1.00. The van der Waals surface area contributed by atoms with Gasteiger partial charge in [0.1, 0.15) is 0 Å². The maximum Gasteiger partial charge on any atom is 0.188 e. The van der Waals surface area contributed by atoms with Crippen LogP contribution in [0.3, 0.4) is 0 Å². The third-order valence-corrected chi connectivity index (χ3v) is 4.33. The van der Waals surface area contributed by atoms with Crippen LogP contribution in [0.15, 0.2) is 4.99 Å². The summed E-state index contributed by atoms with van der Waals surface area (Å²) in [6, 6.07) is 0. The summed E-state index contributed by atoms with van der Waals surface area (Å²) in [5.74, 6) is 0.300. The molecule has 0 atom stereocenters. The molecule has 0 aliphatic carbocycles. The van der Waals surface area contributed by atoms with Crippen molar-refractivity contribution in [2.24, 2.45) is 10.7 Å². The molecule has 0 heterocycles. The van der Waals surface area contributed by atoms with Crippen molar-refractivity contribution in [3.8, 4) is 0 Å². The van der Waals surface area contributed by atoms with Gasteiger partial charge in [-0.1, -0.05) is 6.92 Å². The molecule has 0 aromatic carbocycles. The summed E-state index contributed by atoms with van der Waals surface area (Å²) >= 11 is 0. The molecule has 0 amide bonds. The van der Waals surface area contributed by atoms with Crippen molar-refractivity contribution in [2.45, 2.75) is 31.9 Å². The highest BCUT2D eigenvalue weighted by molar-refractivity contribution is 7.92. The number of sulfone groups is 1. The Morgan fingerprint density at radius 1 is 1.47 bits per heavy atom. The highest BCUT2D eigenvalue weighted by Crippen LogP contribution is 2.14. The average molecular weight is 235 g/mol. The quantitative estimate of drug-likeness (QED) is 0.524. The van der Waals surface area contributed by atoms with Crippen LogP contribution in [0.5, 0.6) is 0 Å². The summed E-state index contributed by atoms with van der Waals surface area (Å²) in [4.78, 5) is 4.00. The molecule has 5 nitrogen and oxygen atoms in total. The van der Waals surface area contributed by atoms with Crippen molar-refractivity contribution in [1.82, 2.24) is 5.32 Å². The zero-order valence-electron chi connectivity index (χ0n) is 9.87. The molecule has 0 rings (SSSR count). The highest BCUT2D eigenvalue weighted by atomic mass is 32.2. The van der Waals surface area contributed by atoms with Crippen LogP contribution in [0.2, 0.25) is 0 Å². The van der Waals surface area contributed by atoms with E-state index in [1.165, 1.54) is 6.26 Å². The van der Waals surface area contributed by atoms with Gasteiger partial charge in [-0.2, -0.15) is 0 Å². The number of aliphatic imine (C=N–C) groups is 1. The Labute approximate surface area is 92.1 Å². The van der Waals surface area contributed by atoms with E-state index in [4.69, 9.17) is 5.73 Å². The lowest BCUT2D eigenvalue weighted by atomic mass is 10.2. The third-order valence-electron chi connectivity index (χ3n) is 2.19. The second-order valence-corrected chi connectivity index (χ2v) is 6.81. The second kappa shape index (κ2) is 5.34. The summed E-state index contributed by atoms with van der Waals surface area (Å²) < 4.78 is 21.8. The van der Waals surface area contributed by atoms with Gasteiger partial charge in [0.15, 0.2) is 15.8 Å². The topological polar surface area (TPSA) is 84.5 Å². The van der Waals surface area contributed by atoms with E-state index in [0.717, 1.165) is 13.0 Å². The molecule has 0 aliphatic rings. The zero-order chi connectivity index (χ0) is 12.1. The van der Waals surface area contributed by atoms with Crippen LogP contribution in [0.1, 0.15) is 27.2 Å². The lowest BCUT2D eigenvalue weighted by Crippen LogP contribution is -2.38. The van der Waals surface area contributed by atoms with E-state index in [9.17, 15) is 8.42 Å². The van der Waals surface area contributed by atoms with Gasteiger partial charge in [-0.25, -0.2) is 8.42 Å². The summed E-state index contributed by atoms with van der Waals surface area (Å²) in [5, 5.41) is 2.89. The first-order valence-electron chi connectivity index (χ1n) is 4.94. The maximum absolute atomic E-state index is 11.3. The number of nitrogens with two attached hydrogens (primary N) is 1. The molecule has 0 aromatic heterocycles. The summed E-state index contributed by atoms with van der Waals surface area (Å²) in [5.41, 5.74) is 5.55. The van der Waals surface area contributed by atoms with Crippen LogP contribution in [0.4, 0.5) is 0 Å². The first-order valence-corrected chi connectivity index (χ1v) is 6.83. The van der Waals surface area contributed by atoms with Gasteiger partial charge >= 0.3 is 0 Å². The lowest BCUT2D eigenvalue weighted by Gasteiger charge is -2.20. The molecule has 0 unspecified atom stereocenters.